The van der Waals surface area contributed by atoms with Gasteiger partial charge in [-0.2, -0.15) is 0 Å². The Morgan fingerprint density at radius 3 is 2.61 bits per heavy atom. The number of nitrogens with zero attached hydrogens (tertiary/aromatic N) is 2. The molecule has 0 radical (unpaired) electrons. The average Bonchev–Trinajstić information content (AvgIpc) is 2.93. The first kappa shape index (κ1) is 18.8. The van der Waals surface area contributed by atoms with Crippen molar-refractivity contribution < 1.29 is 9.84 Å². The fraction of sp³-hybridized carbons (Fsp3) is 0.478. The molecule has 2 aliphatic rings. The van der Waals surface area contributed by atoms with Gasteiger partial charge in [-0.05, 0) is 69.2 Å². The largest absolute Gasteiger partial charge is 0.507 e. The summed E-state index contributed by atoms with van der Waals surface area (Å²) in [5, 5.41) is 23.2. The molecule has 0 bridgehead atoms. The fourth-order valence-electron chi connectivity index (χ4n) is 4.42. The number of methoxy groups -OCH3 is 1. The molecule has 2 aliphatic carbocycles. The maximum Gasteiger partial charge on any atom is 0.152 e. The highest BCUT2D eigenvalue weighted by atomic mass is 16.5. The molecule has 5 heteroatoms. The van der Waals surface area contributed by atoms with Gasteiger partial charge in [-0.1, -0.05) is 12.3 Å². The van der Waals surface area contributed by atoms with Crippen molar-refractivity contribution in [3.8, 4) is 29.4 Å². The van der Waals surface area contributed by atoms with Gasteiger partial charge in [-0.15, -0.1) is 16.6 Å². The molecule has 2 N–H and O–H groups in total. The van der Waals surface area contributed by atoms with Gasteiger partial charge >= 0.3 is 0 Å². The maximum absolute atomic E-state index is 10.5. The van der Waals surface area contributed by atoms with Crippen LogP contribution < -0.4 is 5.32 Å². The van der Waals surface area contributed by atoms with Crippen LogP contribution in [0.2, 0.25) is 0 Å². The number of aromatic hydroxyl groups is 1. The van der Waals surface area contributed by atoms with Crippen LogP contribution >= 0.6 is 0 Å². The molecule has 0 amide bonds. The highest BCUT2D eigenvalue weighted by Gasteiger charge is 2.41. The Morgan fingerprint density at radius 1 is 1.18 bits per heavy atom. The number of hydrogen-bond acceptors (Lipinski definition) is 5. The summed E-state index contributed by atoms with van der Waals surface area (Å²) >= 11 is 0. The first-order valence-corrected chi connectivity index (χ1v) is 10.0. The molecular weight excluding hydrogens is 350 g/mol. The molecule has 1 aromatic carbocycles. The Kier molecular flexibility index (Phi) is 4.99. The summed E-state index contributed by atoms with van der Waals surface area (Å²) in [5.41, 5.74) is 4.55. The minimum Gasteiger partial charge on any atom is -0.507 e. The zero-order valence-electron chi connectivity index (χ0n) is 16.6. The van der Waals surface area contributed by atoms with Gasteiger partial charge in [0.15, 0.2) is 5.82 Å². The van der Waals surface area contributed by atoms with Crippen molar-refractivity contribution in [3.05, 3.63) is 34.9 Å². The van der Waals surface area contributed by atoms with Crippen LogP contribution in [0.3, 0.4) is 0 Å². The predicted molar refractivity (Wildman–Crippen MR) is 110 cm³/mol. The first-order chi connectivity index (χ1) is 13.5. The molecule has 1 fully saturated rings. The summed E-state index contributed by atoms with van der Waals surface area (Å²) in [4.78, 5) is 0. The van der Waals surface area contributed by atoms with Gasteiger partial charge in [0.25, 0.3) is 0 Å². The third kappa shape index (κ3) is 3.45. The summed E-state index contributed by atoms with van der Waals surface area (Å²) < 4.78 is 5.57. The quantitative estimate of drug-likeness (QED) is 0.621. The van der Waals surface area contributed by atoms with Crippen LogP contribution in [0.5, 0.6) is 5.75 Å². The Morgan fingerprint density at radius 2 is 1.93 bits per heavy atom. The van der Waals surface area contributed by atoms with Crippen LogP contribution in [0.25, 0.3) is 11.3 Å². The van der Waals surface area contributed by atoms with E-state index in [1.165, 1.54) is 17.5 Å². The van der Waals surface area contributed by atoms with E-state index in [1.807, 2.05) is 12.1 Å². The molecule has 0 saturated heterocycles. The minimum atomic E-state index is -0.0352. The van der Waals surface area contributed by atoms with Gasteiger partial charge in [0.2, 0.25) is 0 Å². The van der Waals surface area contributed by atoms with Gasteiger partial charge in [-0.25, -0.2) is 0 Å². The molecule has 1 saturated carbocycles. The molecule has 0 aliphatic heterocycles. The van der Waals surface area contributed by atoms with Crippen molar-refractivity contribution in [2.45, 2.75) is 63.5 Å². The molecule has 2 aromatic rings. The van der Waals surface area contributed by atoms with E-state index < -0.39 is 0 Å². The van der Waals surface area contributed by atoms with Crippen LogP contribution in [0, 0.1) is 12.3 Å². The highest BCUT2D eigenvalue weighted by molar-refractivity contribution is 5.73. The maximum atomic E-state index is 10.5. The lowest BCUT2D eigenvalue weighted by Gasteiger charge is -2.44. The monoisotopic (exact) mass is 377 g/mol. The van der Waals surface area contributed by atoms with E-state index in [2.05, 4.69) is 28.4 Å². The summed E-state index contributed by atoms with van der Waals surface area (Å²) in [5.74, 6) is 3.61. The van der Waals surface area contributed by atoms with Gasteiger partial charge in [0, 0.05) is 29.8 Å². The number of hydrogen-bond donors (Lipinski definition) is 2. The lowest BCUT2D eigenvalue weighted by molar-refractivity contribution is -0.0625. The Hall–Kier alpha value is -2.58. The Bertz CT molecular complexity index is 926. The van der Waals surface area contributed by atoms with Crippen LogP contribution in [0.15, 0.2) is 18.2 Å². The highest BCUT2D eigenvalue weighted by Crippen LogP contribution is 2.40. The number of anilines is 1. The third-order valence-electron chi connectivity index (χ3n) is 6.15. The van der Waals surface area contributed by atoms with Crippen LogP contribution in [-0.4, -0.2) is 34.1 Å². The number of terminal acetylenes is 1. The topological polar surface area (TPSA) is 67.3 Å². The lowest BCUT2D eigenvalue weighted by atomic mass is 9.77. The second-order valence-electron chi connectivity index (χ2n) is 8.19. The lowest BCUT2D eigenvalue weighted by Crippen LogP contribution is -2.50. The molecule has 0 atom stereocenters. The average molecular weight is 377 g/mol. The van der Waals surface area contributed by atoms with Crippen LogP contribution in [0.4, 0.5) is 5.82 Å². The summed E-state index contributed by atoms with van der Waals surface area (Å²) in [7, 11) is 1.77. The first-order valence-electron chi connectivity index (χ1n) is 10.0. The van der Waals surface area contributed by atoms with E-state index in [4.69, 9.17) is 11.2 Å². The summed E-state index contributed by atoms with van der Waals surface area (Å²) in [6.07, 6.45) is 12.8. The molecule has 146 valence electrons. The second kappa shape index (κ2) is 7.44. The number of nitrogens with one attached hydrogen (secondary N) is 1. The third-order valence-corrected chi connectivity index (χ3v) is 6.15. The van der Waals surface area contributed by atoms with E-state index in [1.54, 1.807) is 13.2 Å². The summed E-state index contributed by atoms with van der Waals surface area (Å²) in [6.45, 7) is 2.14. The van der Waals surface area contributed by atoms with E-state index >= 15 is 0 Å². The van der Waals surface area contributed by atoms with Crippen molar-refractivity contribution >= 4 is 5.82 Å². The van der Waals surface area contributed by atoms with Crippen molar-refractivity contribution in [2.75, 3.05) is 12.4 Å². The molecule has 28 heavy (non-hydrogen) atoms. The smallest absolute Gasteiger partial charge is 0.152 e. The molecule has 4 rings (SSSR count). The molecule has 0 unspecified atom stereocenters. The molecule has 1 heterocycles. The second-order valence-corrected chi connectivity index (χ2v) is 8.19. The van der Waals surface area contributed by atoms with Gasteiger partial charge in [0.1, 0.15) is 11.4 Å². The van der Waals surface area contributed by atoms with Gasteiger partial charge in [-0.3, -0.25) is 0 Å². The van der Waals surface area contributed by atoms with Crippen molar-refractivity contribution in [1.82, 2.24) is 10.2 Å². The van der Waals surface area contributed by atoms with E-state index in [9.17, 15) is 5.11 Å². The predicted octanol–water partition coefficient (Wildman–Crippen LogP) is 4.08. The van der Waals surface area contributed by atoms with E-state index in [0.29, 0.717) is 17.2 Å². The van der Waals surface area contributed by atoms with Crippen molar-refractivity contribution in [3.63, 3.8) is 0 Å². The van der Waals surface area contributed by atoms with Crippen LogP contribution in [-0.2, 0) is 17.6 Å². The molecular formula is C23H27N3O2. The molecule has 0 spiro atoms. The van der Waals surface area contributed by atoms with Gasteiger partial charge < -0.3 is 15.2 Å². The molecule has 1 aromatic heterocycles. The fourth-order valence-corrected chi connectivity index (χ4v) is 4.42. The number of ether oxygens (including phenoxy) is 1. The number of phenols is 1. The van der Waals surface area contributed by atoms with Crippen LogP contribution in [0.1, 0.15) is 55.7 Å². The van der Waals surface area contributed by atoms with E-state index in [-0.39, 0.29) is 11.4 Å². The van der Waals surface area contributed by atoms with Crippen molar-refractivity contribution in [1.29, 1.82) is 0 Å². The van der Waals surface area contributed by atoms with Crippen molar-refractivity contribution in [2.24, 2.45) is 0 Å². The SMILES string of the molecule is C#Cc1ccc(-c2nnc(NC3CC(C)(OC)C3)c3c2CCCCC3)c(O)c1. The number of benzene rings is 1. The summed E-state index contributed by atoms with van der Waals surface area (Å²) in [6, 6.07) is 5.67. The van der Waals surface area contributed by atoms with Gasteiger partial charge in [0.05, 0.1) is 5.60 Å². The Balaban J connectivity index is 1.69. The number of aromatic nitrogens is 2. The number of phenolic OH excluding ortho intramolecular Hbond substituents is 1. The van der Waals surface area contributed by atoms with E-state index in [0.717, 1.165) is 50.0 Å². The standard InChI is InChI=1S/C23H27N3O2/c1-4-15-10-11-19(20(27)12-15)21-17-8-6-5-7-9-18(17)22(26-25-21)24-16-13-23(2,14-16)28-3/h1,10-12,16,27H,5-9,13-14H2,2-3H3,(H,24,26). The Labute approximate surface area is 166 Å². The normalized spacial score (nSPS) is 23.8. The minimum absolute atomic E-state index is 0.0352. The zero-order chi connectivity index (χ0) is 19.7. The number of fused-ring (bicyclic) bond motifs is 1. The number of rotatable bonds is 4. The molecule has 5 nitrogen and oxygen atoms in total. The zero-order valence-corrected chi connectivity index (χ0v) is 16.6.